The lowest BCUT2D eigenvalue weighted by molar-refractivity contribution is 0.581. The van der Waals surface area contributed by atoms with Crippen molar-refractivity contribution in [3.8, 4) is 0 Å². The average molecular weight is 336 g/mol. The van der Waals surface area contributed by atoms with E-state index in [-0.39, 0.29) is 11.4 Å². The quantitative estimate of drug-likeness (QED) is 0.797. The molecule has 3 rings (SSSR count). The molecule has 0 spiro atoms. The second-order valence-electron chi connectivity index (χ2n) is 4.96. The molecule has 0 amide bonds. The Hall–Kier alpha value is -1.89. The van der Waals surface area contributed by atoms with Crippen LogP contribution < -0.4 is 4.72 Å². The summed E-state index contributed by atoms with van der Waals surface area (Å²) in [5.74, 6) is 0. The Balaban J connectivity index is 1.79. The summed E-state index contributed by atoms with van der Waals surface area (Å²) in [6.07, 6.45) is 1.73. The third-order valence-corrected chi connectivity index (χ3v) is 5.05. The number of sulfonamides is 1. The van der Waals surface area contributed by atoms with Crippen LogP contribution in [0.4, 0.5) is 0 Å². The first-order chi connectivity index (χ1) is 10.5. The van der Waals surface area contributed by atoms with E-state index in [4.69, 9.17) is 11.6 Å². The molecule has 1 aromatic heterocycles. The van der Waals surface area contributed by atoms with Crippen molar-refractivity contribution in [2.24, 2.45) is 7.05 Å². The van der Waals surface area contributed by atoms with Gasteiger partial charge < -0.3 is 4.57 Å². The van der Waals surface area contributed by atoms with E-state index in [0.717, 1.165) is 16.6 Å². The van der Waals surface area contributed by atoms with Gasteiger partial charge in [-0.05, 0) is 42.0 Å². The summed E-state index contributed by atoms with van der Waals surface area (Å²) >= 11 is 5.77. The first-order valence-corrected chi connectivity index (χ1v) is 8.47. The Morgan fingerprint density at radius 1 is 1.18 bits per heavy atom. The third kappa shape index (κ3) is 2.99. The Morgan fingerprint density at radius 3 is 2.64 bits per heavy atom. The van der Waals surface area contributed by atoms with Crippen molar-refractivity contribution in [3.05, 3.63) is 59.4 Å². The molecular formula is C15H14ClN3O2S. The molecule has 0 atom stereocenters. The number of aromatic nitrogens is 2. The fraction of sp³-hybridized carbons (Fsp3) is 0.133. The molecule has 0 unspecified atom stereocenters. The predicted molar refractivity (Wildman–Crippen MR) is 86.2 cm³/mol. The molecule has 0 radical (unpaired) electrons. The van der Waals surface area contributed by atoms with E-state index in [1.54, 1.807) is 18.5 Å². The van der Waals surface area contributed by atoms with Crippen LogP contribution in [0.2, 0.25) is 5.02 Å². The highest BCUT2D eigenvalue weighted by molar-refractivity contribution is 7.89. The Labute approximate surface area is 133 Å². The standard InChI is InChI=1S/C15H14ClN3O2S/c1-19-10-17-14-8-11(2-7-15(14)19)9-18-22(20,21)13-5-3-12(16)4-6-13/h2-8,10,18H,9H2,1H3. The minimum absolute atomic E-state index is 0.191. The Bertz CT molecular complexity index is 918. The molecule has 0 bridgehead atoms. The number of imidazole rings is 1. The van der Waals surface area contributed by atoms with Gasteiger partial charge in [0, 0.05) is 18.6 Å². The highest BCUT2D eigenvalue weighted by Gasteiger charge is 2.13. The lowest BCUT2D eigenvalue weighted by Gasteiger charge is -2.07. The molecular weight excluding hydrogens is 322 g/mol. The summed E-state index contributed by atoms with van der Waals surface area (Å²) in [5.41, 5.74) is 2.69. The number of nitrogens with zero attached hydrogens (tertiary/aromatic N) is 2. The maximum Gasteiger partial charge on any atom is 0.240 e. The van der Waals surface area contributed by atoms with Crippen molar-refractivity contribution in [1.82, 2.24) is 14.3 Å². The summed E-state index contributed by atoms with van der Waals surface area (Å²) in [7, 11) is -1.64. The zero-order chi connectivity index (χ0) is 15.7. The fourth-order valence-electron chi connectivity index (χ4n) is 2.17. The van der Waals surface area contributed by atoms with Crippen molar-refractivity contribution in [1.29, 1.82) is 0 Å². The van der Waals surface area contributed by atoms with E-state index in [2.05, 4.69) is 9.71 Å². The Kier molecular flexibility index (Phi) is 3.90. The molecule has 3 aromatic rings. The number of rotatable bonds is 4. The van der Waals surface area contributed by atoms with Crippen molar-refractivity contribution < 1.29 is 8.42 Å². The number of halogens is 1. The minimum atomic E-state index is -3.56. The first-order valence-electron chi connectivity index (χ1n) is 6.61. The van der Waals surface area contributed by atoms with Crippen LogP contribution in [-0.2, 0) is 23.6 Å². The maximum absolute atomic E-state index is 12.2. The van der Waals surface area contributed by atoms with Crippen LogP contribution in [0.15, 0.2) is 53.7 Å². The largest absolute Gasteiger partial charge is 0.334 e. The SMILES string of the molecule is Cn1cnc2cc(CNS(=O)(=O)c3ccc(Cl)cc3)ccc21. The van der Waals surface area contributed by atoms with Gasteiger partial charge in [0.1, 0.15) is 0 Å². The monoisotopic (exact) mass is 335 g/mol. The fourth-order valence-corrected chi connectivity index (χ4v) is 3.31. The van der Waals surface area contributed by atoms with Crippen LogP contribution in [0.5, 0.6) is 0 Å². The third-order valence-electron chi connectivity index (χ3n) is 3.38. The summed E-state index contributed by atoms with van der Waals surface area (Å²) < 4.78 is 28.9. The molecule has 0 saturated heterocycles. The topological polar surface area (TPSA) is 64.0 Å². The van der Waals surface area contributed by atoms with Crippen molar-refractivity contribution >= 4 is 32.7 Å². The zero-order valence-electron chi connectivity index (χ0n) is 11.8. The molecule has 1 N–H and O–H groups in total. The molecule has 114 valence electrons. The van der Waals surface area contributed by atoms with Gasteiger partial charge in [0.15, 0.2) is 0 Å². The van der Waals surface area contributed by atoms with Gasteiger partial charge in [0.25, 0.3) is 0 Å². The van der Waals surface area contributed by atoms with Crippen LogP contribution >= 0.6 is 11.6 Å². The van der Waals surface area contributed by atoms with Gasteiger partial charge >= 0.3 is 0 Å². The second-order valence-corrected chi connectivity index (χ2v) is 7.16. The molecule has 7 heteroatoms. The van der Waals surface area contributed by atoms with Crippen molar-refractivity contribution in [2.75, 3.05) is 0 Å². The number of aryl methyl sites for hydroxylation is 1. The van der Waals surface area contributed by atoms with Gasteiger partial charge in [-0.2, -0.15) is 0 Å². The van der Waals surface area contributed by atoms with Gasteiger partial charge in [0.2, 0.25) is 10.0 Å². The van der Waals surface area contributed by atoms with E-state index in [9.17, 15) is 8.42 Å². The van der Waals surface area contributed by atoms with Crippen molar-refractivity contribution in [3.63, 3.8) is 0 Å². The predicted octanol–water partition coefficient (Wildman–Crippen LogP) is 2.71. The molecule has 0 aliphatic rings. The van der Waals surface area contributed by atoms with Crippen molar-refractivity contribution in [2.45, 2.75) is 11.4 Å². The average Bonchev–Trinajstić information content (AvgIpc) is 2.87. The van der Waals surface area contributed by atoms with E-state index in [1.807, 2.05) is 29.8 Å². The number of benzene rings is 2. The minimum Gasteiger partial charge on any atom is -0.334 e. The van der Waals surface area contributed by atoms with E-state index >= 15 is 0 Å². The summed E-state index contributed by atoms with van der Waals surface area (Å²) in [6.45, 7) is 0.206. The van der Waals surface area contributed by atoms with Crippen LogP contribution in [0.1, 0.15) is 5.56 Å². The van der Waals surface area contributed by atoms with E-state index in [1.165, 1.54) is 12.1 Å². The smallest absolute Gasteiger partial charge is 0.240 e. The number of hydrogen-bond donors (Lipinski definition) is 1. The molecule has 0 saturated carbocycles. The number of nitrogens with one attached hydrogen (secondary N) is 1. The molecule has 5 nitrogen and oxygen atoms in total. The Morgan fingerprint density at radius 2 is 1.91 bits per heavy atom. The highest BCUT2D eigenvalue weighted by atomic mass is 35.5. The van der Waals surface area contributed by atoms with Gasteiger partial charge in [-0.1, -0.05) is 17.7 Å². The highest BCUT2D eigenvalue weighted by Crippen LogP contribution is 2.16. The summed E-state index contributed by atoms with van der Waals surface area (Å²) in [4.78, 5) is 4.45. The molecule has 1 heterocycles. The van der Waals surface area contributed by atoms with Crippen LogP contribution in [0.25, 0.3) is 11.0 Å². The zero-order valence-corrected chi connectivity index (χ0v) is 13.4. The van der Waals surface area contributed by atoms with Crippen LogP contribution in [0, 0.1) is 0 Å². The number of hydrogen-bond acceptors (Lipinski definition) is 3. The lowest BCUT2D eigenvalue weighted by atomic mass is 10.2. The van der Waals surface area contributed by atoms with Gasteiger partial charge in [0.05, 0.1) is 22.3 Å². The summed E-state index contributed by atoms with van der Waals surface area (Å²) in [6, 6.07) is 11.7. The number of fused-ring (bicyclic) bond motifs is 1. The van der Waals surface area contributed by atoms with Gasteiger partial charge in [-0.3, -0.25) is 0 Å². The first kappa shape index (κ1) is 15.0. The van der Waals surface area contributed by atoms with Crippen LogP contribution in [0.3, 0.4) is 0 Å². The molecule has 22 heavy (non-hydrogen) atoms. The van der Waals surface area contributed by atoms with Gasteiger partial charge in [-0.15, -0.1) is 0 Å². The molecule has 0 aliphatic heterocycles. The lowest BCUT2D eigenvalue weighted by Crippen LogP contribution is -2.23. The maximum atomic E-state index is 12.2. The van der Waals surface area contributed by atoms with Gasteiger partial charge in [-0.25, -0.2) is 18.1 Å². The van der Waals surface area contributed by atoms with E-state index in [0.29, 0.717) is 5.02 Å². The molecule has 0 fully saturated rings. The second kappa shape index (κ2) is 5.72. The normalized spacial score (nSPS) is 11.9. The van der Waals surface area contributed by atoms with Crippen LogP contribution in [-0.4, -0.2) is 18.0 Å². The molecule has 2 aromatic carbocycles. The summed E-state index contributed by atoms with van der Waals surface area (Å²) in [5, 5.41) is 0.500. The van der Waals surface area contributed by atoms with E-state index < -0.39 is 10.0 Å². The molecule has 0 aliphatic carbocycles.